The molecule has 0 aliphatic carbocycles. The third-order valence-electron chi connectivity index (χ3n) is 12.4. The van der Waals surface area contributed by atoms with Crippen LogP contribution in [-0.4, -0.2) is 37.2 Å². The standard InChI is InChI=1S/C62H108O6/c1-4-7-10-13-16-19-22-24-26-28-29-30-31-32-33-35-36-38-40-43-46-49-52-55-61(64)67-58-59(57-66-60(63)54-51-48-45-42-21-18-15-12-9-6-3)68-62(65)56-53-50-47-44-41-39-37-34-27-25-23-20-17-14-11-8-5-2/h8,11-12,15,17,20,22,24-25,27-29,59H,4-7,9-10,13-14,16,18-19,21,23,26,30-58H2,1-3H3/b11-8-,15-12-,20-17-,24-22-,27-25-,29-28-. The summed E-state index contributed by atoms with van der Waals surface area (Å²) in [5.74, 6) is -0.899. The van der Waals surface area contributed by atoms with E-state index in [-0.39, 0.29) is 31.1 Å². The van der Waals surface area contributed by atoms with Crippen LogP contribution in [0.15, 0.2) is 72.9 Å². The van der Waals surface area contributed by atoms with Crippen molar-refractivity contribution < 1.29 is 28.6 Å². The fourth-order valence-corrected chi connectivity index (χ4v) is 8.08. The largest absolute Gasteiger partial charge is 0.462 e. The summed E-state index contributed by atoms with van der Waals surface area (Å²) in [7, 11) is 0. The monoisotopic (exact) mass is 949 g/mol. The third kappa shape index (κ3) is 53.8. The second-order valence-electron chi connectivity index (χ2n) is 19.2. The molecule has 0 heterocycles. The van der Waals surface area contributed by atoms with Gasteiger partial charge < -0.3 is 14.2 Å². The molecule has 0 fully saturated rings. The lowest BCUT2D eigenvalue weighted by molar-refractivity contribution is -0.167. The Labute approximate surface area is 421 Å². The summed E-state index contributed by atoms with van der Waals surface area (Å²) in [6.07, 6.45) is 71.9. The van der Waals surface area contributed by atoms with Gasteiger partial charge in [-0.2, -0.15) is 0 Å². The first-order chi connectivity index (χ1) is 33.5. The maximum absolute atomic E-state index is 12.8. The highest BCUT2D eigenvalue weighted by Gasteiger charge is 2.19. The van der Waals surface area contributed by atoms with Crippen LogP contribution >= 0.6 is 0 Å². The van der Waals surface area contributed by atoms with Crippen LogP contribution in [0, 0.1) is 0 Å². The predicted molar refractivity (Wildman–Crippen MR) is 293 cm³/mol. The van der Waals surface area contributed by atoms with Crippen molar-refractivity contribution in [3.63, 3.8) is 0 Å². The molecule has 1 unspecified atom stereocenters. The normalized spacial score (nSPS) is 12.6. The molecule has 0 aromatic heterocycles. The van der Waals surface area contributed by atoms with E-state index >= 15 is 0 Å². The van der Waals surface area contributed by atoms with E-state index in [0.29, 0.717) is 19.3 Å². The number of allylic oxidation sites excluding steroid dienone is 12. The molecule has 0 radical (unpaired) electrons. The Bertz CT molecular complexity index is 1270. The lowest BCUT2D eigenvalue weighted by atomic mass is 10.0. The molecule has 0 amide bonds. The fourth-order valence-electron chi connectivity index (χ4n) is 8.08. The minimum absolute atomic E-state index is 0.0826. The van der Waals surface area contributed by atoms with Gasteiger partial charge in [0.1, 0.15) is 13.2 Å². The van der Waals surface area contributed by atoms with E-state index in [1.54, 1.807) is 0 Å². The summed E-state index contributed by atoms with van der Waals surface area (Å²) in [5.41, 5.74) is 0. The highest BCUT2D eigenvalue weighted by Crippen LogP contribution is 2.15. The molecule has 0 aliphatic rings. The zero-order valence-electron chi connectivity index (χ0n) is 44.9. The number of rotatable bonds is 52. The summed E-state index contributed by atoms with van der Waals surface area (Å²) < 4.78 is 16.8. The van der Waals surface area contributed by atoms with Crippen molar-refractivity contribution in [1.82, 2.24) is 0 Å². The van der Waals surface area contributed by atoms with Crippen molar-refractivity contribution >= 4 is 17.9 Å². The molecule has 68 heavy (non-hydrogen) atoms. The molecule has 392 valence electrons. The number of ether oxygens (including phenoxy) is 3. The third-order valence-corrected chi connectivity index (χ3v) is 12.4. The Morgan fingerprint density at radius 1 is 0.309 bits per heavy atom. The van der Waals surface area contributed by atoms with Crippen molar-refractivity contribution in [2.45, 2.75) is 290 Å². The van der Waals surface area contributed by atoms with Crippen molar-refractivity contribution in [3.05, 3.63) is 72.9 Å². The first kappa shape index (κ1) is 64.8. The molecule has 0 saturated heterocycles. The summed E-state index contributed by atoms with van der Waals surface area (Å²) in [6, 6.07) is 0. The molecular weight excluding hydrogens is 841 g/mol. The van der Waals surface area contributed by atoms with E-state index < -0.39 is 6.10 Å². The lowest BCUT2D eigenvalue weighted by Crippen LogP contribution is -2.30. The average molecular weight is 950 g/mol. The van der Waals surface area contributed by atoms with Crippen LogP contribution in [-0.2, 0) is 28.6 Å². The molecule has 0 aromatic carbocycles. The quantitative estimate of drug-likeness (QED) is 0.0262. The zero-order chi connectivity index (χ0) is 49.3. The van der Waals surface area contributed by atoms with Gasteiger partial charge in [0.2, 0.25) is 0 Å². The Morgan fingerprint density at radius 2 is 0.603 bits per heavy atom. The van der Waals surface area contributed by atoms with Gasteiger partial charge in [0.05, 0.1) is 0 Å². The summed E-state index contributed by atoms with van der Waals surface area (Å²) in [4.78, 5) is 38.1. The Balaban J connectivity index is 4.28. The molecule has 0 rings (SSSR count). The van der Waals surface area contributed by atoms with Gasteiger partial charge in [-0.25, -0.2) is 0 Å². The van der Waals surface area contributed by atoms with E-state index in [1.807, 2.05) is 0 Å². The molecular formula is C62H108O6. The van der Waals surface area contributed by atoms with Crippen LogP contribution in [0.3, 0.4) is 0 Å². The second-order valence-corrected chi connectivity index (χ2v) is 19.2. The van der Waals surface area contributed by atoms with Gasteiger partial charge in [-0.1, -0.05) is 235 Å². The maximum Gasteiger partial charge on any atom is 0.306 e. The van der Waals surface area contributed by atoms with Crippen molar-refractivity contribution in [2.24, 2.45) is 0 Å². The number of carbonyl (C=O) groups excluding carboxylic acids is 3. The van der Waals surface area contributed by atoms with Crippen molar-refractivity contribution in [2.75, 3.05) is 13.2 Å². The minimum Gasteiger partial charge on any atom is -0.462 e. The second kappa shape index (κ2) is 56.4. The SMILES string of the molecule is CC/C=C\C/C=C\C/C=C\CCCCCCCCCC(=O)OC(COC(=O)CCCCCCC/C=C\CCC)COC(=O)CCCCCCCCCCCCC/C=C\C/C=C\CCCCCCC. The Kier molecular flexibility index (Phi) is 53.8. The van der Waals surface area contributed by atoms with Gasteiger partial charge in [0.15, 0.2) is 6.10 Å². The Morgan fingerprint density at radius 3 is 0.971 bits per heavy atom. The molecule has 0 aromatic rings. The van der Waals surface area contributed by atoms with Gasteiger partial charge >= 0.3 is 17.9 Å². The number of hydrogen-bond acceptors (Lipinski definition) is 6. The molecule has 6 nitrogen and oxygen atoms in total. The number of esters is 3. The smallest absolute Gasteiger partial charge is 0.306 e. The van der Waals surface area contributed by atoms with Crippen LogP contribution < -0.4 is 0 Å². The van der Waals surface area contributed by atoms with E-state index in [2.05, 4.69) is 93.7 Å². The number of carbonyl (C=O) groups is 3. The molecule has 0 N–H and O–H groups in total. The fraction of sp³-hybridized carbons (Fsp3) is 0.758. The highest BCUT2D eigenvalue weighted by atomic mass is 16.6. The van der Waals surface area contributed by atoms with E-state index in [0.717, 1.165) is 103 Å². The molecule has 6 heteroatoms. The van der Waals surface area contributed by atoms with Crippen LogP contribution in [0.4, 0.5) is 0 Å². The first-order valence-electron chi connectivity index (χ1n) is 28.9. The van der Waals surface area contributed by atoms with Gasteiger partial charge in [-0.05, 0) is 103 Å². The molecule has 1 atom stereocenters. The summed E-state index contributed by atoms with van der Waals surface area (Å²) in [5, 5.41) is 0. The van der Waals surface area contributed by atoms with Crippen molar-refractivity contribution in [3.8, 4) is 0 Å². The average Bonchev–Trinajstić information content (AvgIpc) is 3.34. The molecule has 0 spiro atoms. The molecule has 0 aliphatic heterocycles. The number of unbranched alkanes of at least 4 members (excludes halogenated alkanes) is 29. The van der Waals surface area contributed by atoms with Gasteiger partial charge in [-0.3, -0.25) is 14.4 Å². The van der Waals surface area contributed by atoms with Crippen LogP contribution in [0.2, 0.25) is 0 Å². The van der Waals surface area contributed by atoms with Crippen LogP contribution in [0.25, 0.3) is 0 Å². The molecule has 0 bridgehead atoms. The van der Waals surface area contributed by atoms with Crippen LogP contribution in [0.1, 0.15) is 284 Å². The maximum atomic E-state index is 12.8. The van der Waals surface area contributed by atoms with E-state index in [4.69, 9.17) is 14.2 Å². The molecule has 0 saturated carbocycles. The topological polar surface area (TPSA) is 78.9 Å². The zero-order valence-corrected chi connectivity index (χ0v) is 44.9. The Hall–Kier alpha value is -3.15. The van der Waals surface area contributed by atoms with Gasteiger partial charge in [0.25, 0.3) is 0 Å². The minimum atomic E-state index is -0.784. The summed E-state index contributed by atoms with van der Waals surface area (Å²) in [6.45, 7) is 6.46. The van der Waals surface area contributed by atoms with Gasteiger partial charge in [0, 0.05) is 19.3 Å². The summed E-state index contributed by atoms with van der Waals surface area (Å²) >= 11 is 0. The first-order valence-corrected chi connectivity index (χ1v) is 28.9. The van der Waals surface area contributed by atoms with E-state index in [1.165, 1.54) is 141 Å². The van der Waals surface area contributed by atoms with Gasteiger partial charge in [-0.15, -0.1) is 0 Å². The lowest BCUT2D eigenvalue weighted by Gasteiger charge is -2.18. The van der Waals surface area contributed by atoms with E-state index in [9.17, 15) is 14.4 Å². The highest BCUT2D eigenvalue weighted by molar-refractivity contribution is 5.71. The van der Waals surface area contributed by atoms with Crippen molar-refractivity contribution in [1.29, 1.82) is 0 Å². The number of hydrogen-bond donors (Lipinski definition) is 0. The van der Waals surface area contributed by atoms with Crippen LogP contribution in [0.5, 0.6) is 0 Å². The predicted octanol–water partition coefficient (Wildman–Crippen LogP) is 19.4.